The van der Waals surface area contributed by atoms with Crippen LogP contribution in [0, 0.1) is 11.6 Å². The molecular weight excluding hydrogens is 496 g/mol. The average Bonchev–Trinajstić information content (AvgIpc) is 3.25. The number of rotatable bonds is 7. The molecule has 0 spiro atoms. The number of thiophene rings is 1. The molecule has 0 bridgehead atoms. The number of hydrogen-bond acceptors (Lipinski definition) is 6. The SMILES string of the molecule is CCCc1cc(C(=O)OC)cc(S(=O)(=O)Nc2cc(-c3cc4ccccc4s3)c(F)cc2F)c1O. The van der Waals surface area contributed by atoms with Crippen molar-refractivity contribution >= 4 is 43.1 Å². The highest BCUT2D eigenvalue weighted by Gasteiger charge is 2.26. The van der Waals surface area contributed by atoms with Crippen molar-refractivity contribution in [2.75, 3.05) is 11.8 Å². The number of carbonyl (C=O) groups excluding carboxylic acids is 1. The maximum absolute atomic E-state index is 14.7. The topological polar surface area (TPSA) is 92.7 Å². The summed E-state index contributed by atoms with van der Waals surface area (Å²) in [6, 6.07) is 13.1. The van der Waals surface area contributed by atoms with Gasteiger partial charge in [-0.15, -0.1) is 11.3 Å². The minimum atomic E-state index is -4.57. The van der Waals surface area contributed by atoms with Crippen molar-refractivity contribution in [3.63, 3.8) is 0 Å². The van der Waals surface area contributed by atoms with E-state index in [0.717, 1.165) is 29.3 Å². The van der Waals surface area contributed by atoms with E-state index in [1.54, 1.807) is 6.07 Å². The first-order valence-corrected chi connectivity index (χ1v) is 12.9. The minimum Gasteiger partial charge on any atom is -0.506 e. The van der Waals surface area contributed by atoms with Gasteiger partial charge in [-0.1, -0.05) is 31.5 Å². The lowest BCUT2D eigenvalue weighted by Crippen LogP contribution is -2.16. The van der Waals surface area contributed by atoms with Crippen LogP contribution in [0.2, 0.25) is 0 Å². The van der Waals surface area contributed by atoms with Gasteiger partial charge in [-0.2, -0.15) is 0 Å². The second-order valence-electron chi connectivity index (χ2n) is 7.79. The van der Waals surface area contributed by atoms with Crippen LogP contribution in [0.1, 0.15) is 29.3 Å². The average molecular weight is 518 g/mol. The Morgan fingerprint density at radius 2 is 1.83 bits per heavy atom. The van der Waals surface area contributed by atoms with E-state index >= 15 is 0 Å². The largest absolute Gasteiger partial charge is 0.506 e. The zero-order chi connectivity index (χ0) is 25.3. The van der Waals surface area contributed by atoms with E-state index in [9.17, 15) is 27.1 Å². The van der Waals surface area contributed by atoms with Gasteiger partial charge in [0.2, 0.25) is 0 Å². The van der Waals surface area contributed by atoms with Gasteiger partial charge in [-0.05, 0) is 47.7 Å². The van der Waals surface area contributed by atoms with Crippen molar-refractivity contribution < 1.29 is 31.8 Å². The summed E-state index contributed by atoms with van der Waals surface area (Å²) < 4.78 is 63.4. The number of fused-ring (bicyclic) bond motifs is 1. The highest BCUT2D eigenvalue weighted by Crippen LogP contribution is 2.38. The van der Waals surface area contributed by atoms with E-state index in [-0.39, 0.29) is 16.7 Å². The maximum Gasteiger partial charge on any atom is 0.337 e. The van der Waals surface area contributed by atoms with Gasteiger partial charge in [-0.3, -0.25) is 4.72 Å². The van der Waals surface area contributed by atoms with Gasteiger partial charge < -0.3 is 9.84 Å². The zero-order valence-electron chi connectivity index (χ0n) is 18.8. The van der Waals surface area contributed by atoms with Crippen molar-refractivity contribution in [2.24, 2.45) is 0 Å². The normalized spacial score (nSPS) is 11.5. The molecule has 10 heteroatoms. The van der Waals surface area contributed by atoms with Crippen LogP contribution in [-0.4, -0.2) is 26.6 Å². The Hall–Kier alpha value is -3.50. The van der Waals surface area contributed by atoms with Crippen LogP contribution in [-0.2, 0) is 21.2 Å². The third kappa shape index (κ3) is 4.85. The number of halogens is 2. The third-order valence-corrected chi connectivity index (χ3v) is 7.90. The van der Waals surface area contributed by atoms with Crippen LogP contribution in [0.3, 0.4) is 0 Å². The van der Waals surface area contributed by atoms with Crippen molar-refractivity contribution in [2.45, 2.75) is 24.7 Å². The lowest BCUT2D eigenvalue weighted by molar-refractivity contribution is 0.0600. The van der Waals surface area contributed by atoms with Crippen LogP contribution in [0.25, 0.3) is 20.5 Å². The van der Waals surface area contributed by atoms with Crippen LogP contribution in [0.4, 0.5) is 14.5 Å². The van der Waals surface area contributed by atoms with Gasteiger partial charge in [0.05, 0.1) is 18.4 Å². The molecule has 1 aromatic heterocycles. The summed E-state index contributed by atoms with van der Waals surface area (Å²) in [4.78, 5) is 11.9. The summed E-state index contributed by atoms with van der Waals surface area (Å²) in [5.41, 5.74) is -0.343. The first-order valence-electron chi connectivity index (χ1n) is 10.6. The Balaban J connectivity index is 1.79. The molecule has 0 aliphatic carbocycles. The molecule has 1 heterocycles. The van der Waals surface area contributed by atoms with Crippen LogP contribution in [0.15, 0.2) is 59.5 Å². The predicted octanol–water partition coefficient (Wildman–Crippen LogP) is 6.09. The molecular formula is C25H21F2NO5S2. The van der Waals surface area contributed by atoms with E-state index in [2.05, 4.69) is 9.46 Å². The van der Waals surface area contributed by atoms with E-state index in [0.29, 0.717) is 23.8 Å². The van der Waals surface area contributed by atoms with Gasteiger partial charge >= 0.3 is 5.97 Å². The molecule has 0 aliphatic rings. The number of nitrogens with one attached hydrogen (secondary N) is 1. The van der Waals surface area contributed by atoms with E-state index in [1.807, 2.05) is 31.2 Å². The minimum absolute atomic E-state index is 0.0181. The number of anilines is 1. The number of aromatic hydroxyl groups is 1. The molecule has 0 amide bonds. The monoisotopic (exact) mass is 517 g/mol. The Bertz CT molecular complexity index is 1510. The van der Waals surface area contributed by atoms with E-state index in [1.165, 1.54) is 17.4 Å². The third-order valence-electron chi connectivity index (χ3n) is 5.38. The quantitative estimate of drug-likeness (QED) is 0.289. The van der Waals surface area contributed by atoms with Crippen molar-refractivity contribution in [1.29, 1.82) is 0 Å². The number of esters is 1. The molecule has 3 aromatic carbocycles. The summed E-state index contributed by atoms with van der Waals surface area (Å²) in [7, 11) is -3.43. The van der Waals surface area contributed by atoms with E-state index in [4.69, 9.17) is 0 Å². The number of methoxy groups -OCH3 is 1. The Morgan fingerprint density at radius 1 is 1.09 bits per heavy atom. The van der Waals surface area contributed by atoms with Crippen LogP contribution < -0.4 is 4.72 Å². The number of phenolic OH excluding ortho intramolecular Hbond substituents is 1. The number of ether oxygens (including phenoxy) is 1. The second kappa shape index (κ2) is 9.63. The number of phenols is 1. The number of carbonyl (C=O) groups is 1. The van der Waals surface area contributed by atoms with Crippen molar-refractivity contribution in [3.05, 3.63) is 77.4 Å². The first-order chi connectivity index (χ1) is 16.6. The lowest BCUT2D eigenvalue weighted by Gasteiger charge is -2.15. The van der Waals surface area contributed by atoms with Gasteiger partial charge in [0.25, 0.3) is 10.0 Å². The Morgan fingerprint density at radius 3 is 2.51 bits per heavy atom. The molecule has 0 fully saturated rings. The number of aryl methyl sites for hydroxylation is 1. The van der Waals surface area contributed by atoms with E-state index < -0.39 is 44.0 Å². The lowest BCUT2D eigenvalue weighted by atomic mass is 10.1. The molecule has 0 unspecified atom stereocenters. The smallest absolute Gasteiger partial charge is 0.337 e. The number of hydrogen-bond donors (Lipinski definition) is 2. The first kappa shape index (κ1) is 24.6. The fourth-order valence-corrected chi connectivity index (χ4v) is 6.00. The highest BCUT2D eigenvalue weighted by molar-refractivity contribution is 7.92. The zero-order valence-corrected chi connectivity index (χ0v) is 20.4. The standard InChI is InChI=1S/C25H21F2NO5S2/c1-3-6-15-9-16(25(30)33-2)11-23(24(15)29)35(31,32)28-20-12-17(18(26)13-19(20)27)22-10-14-7-4-5-8-21(14)34-22/h4-5,7-13,28-29H,3,6H2,1-2H3. The molecule has 0 radical (unpaired) electrons. The van der Waals surface area contributed by atoms with Crippen LogP contribution in [0.5, 0.6) is 5.75 Å². The van der Waals surface area contributed by atoms with Crippen LogP contribution >= 0.6 is 11.3 Å². The Kier molecular flexibility index (Phi) is 6.77. The van der Waals surface area contributed by atoms with Gasteiger partial charge in [0, 0.05) is 21.2 Å². The van der Waals surface area contributed by atoms with Gasteiger partial charge in [0.1, 0.15) is 22.3 Å². The maximum atomic E-state index is 14.7. The summed E-state index contributed by atoms with van der Waals surface area (Å²) in [5.74, 6) is -3.33. The molecule has 35 heavy (non-hydrogen) atoms. The van der Waals surface area contributed by atoms with Crippen molar-refractivity contribution in [1.82, 2.24) is 0 Å². The number of benzene rings is 3. The fourth-order valence-electron chi connectivity index (χ4n) is 3.70. The number of sulfonamides is 1. The molecule has 0 aliphatic heterocycles. The van der Waals surface area contributed by atoms with Crippen molar-refractivity contribution in [3.8, 4) is 16.2 Å². The molecule has 0 saturated heterocycles. The second-order valence-corrected chi connectivity index (χ2v) is 10.5. The summed E-state index contributed by atoms with van der Waals surface area (Å²) in [6.07, 6.45) is 0.858. The summed E-state index contributed by atoms with van der Waals surface area (Å²) >= 11 is 1.28. The molecule has 182 valence electrons. The Labute approximate surface area is 204 Å². The van der Waals surface area contributed by atoms with Gasteiger partial charge in [-0.25, -0.2) is 22.0 Å². The van der Waals surface area contributed by atoms with Gasteiger partial charge in [0.15, 0.2) is 0 Å². The molecule has 0 saturated carbocycles. The molecule has 6 nitrogen and oxygen atoms in total. The highest BCUT2D eigenvalue weighted by atomic mass is 32.2. The molecule has 4 rings (SSSR count). The molecule has 4 aromatic rings. The predicted molar refractivity (Wildman–Crippen MR) is 131 cm³/mol. The fraction of sp³-hybridized carbons (Fsp3) is 0.160. The summed E-state index contributed by atoms with van der Waals surface area (Å²) in [6.45, 7) is 1.82. The summed E-state index contributed by atoms with van der Waals surface area (Å²) in [5, 5.41) is 11.5. The molecule has 0 atom stereocenters. The molecule has 2 N–H and O–H groups in total.